The molecule has 0 spiro atoms. The van der Waals surface area contributed by atoms with Gasteiger partial charge in [0.1, 0.15) is 6.07 Å². The molecule has 4 aliphatic carbocycles. The minimum Gasteiger partial charge on any atom is -0.381 e. The van der Waals surface area contributed by atoms with Crippen LogP contribution in [0.1, 0.15) is 84.3 Å². The molecule has 176 valence electrons. The molecule has 1 aromatic heterocycles. The fourth-order valence-corrected chi connectivity index (χ4v) is 9.31. The van der Waals surface area contributed by atoms with Gasteiger partial charge in [0.2, 0.25) is 0 Å². The average molecular weight is 438 g/mol. The Bertz CT molecular complexity index is 827. The van der Waals surface area contributed by atoms with Crippen LogP contribution in [0.25, 0.3) is 0 Å². The maximum atomic E-state index is 9.10. The summed E-state index contributed by atoms with van der Waals surface area (Å²) in [4.78, 5) is 0. The number of nitriles is 1. The Labute approximate surface area is 195 Å². The Kier molecular flexibility index (Phi) is 6.41. The van der Waals surface area contributed by atoms with Crippen molar-refractivity contribution in [3.05, 3.63) is 18.0 Å². The second kappa shape index (κ2) is 9.13. The van der Waals surface area contributed by atoms with Crippen LogP contribution in [0.3, 0.4) is 0 Å². The molecule has 32 heavy (non-hydrogen) atoms. The van der Waals surface area contributed by atoms with E-state index in [2.05, 4.69) is 31.9 Å². The number of aromatic nitrogens is 2. The molecular weight excluding hydrogens is 394 g/mol. The van der Waals surface area contributed by atoms with Gasteiger partial charge in [-0.2, -0.15) is 10.4 Å². The van der Waals surface area contributed by atoms with Crippen molar-refractivity contribution in [3.63, 3.8) is 0 Å². The zero-order valence-electron chi connectivity index (χ0n) is 20.5. The molecule has 0 amide bonds. The Morgan fingerprint density at radius 3 is 2.78 bits per heavy atom. The van der Waals surface area contributed by atoms with Crippen molar-refractivity contribution in [2.24, 2.45) is 52.8 Å². The summed E-state index contributed by atoms with van der Waals surface area (Å²) >= 11 is 0. The molecule has 4 unspecified atom stereocenters. The summed E-state index contributed by atoms with van der Waals surface area (Å²) < 4.78 is 7.80. The molecule has 4 nitrogen and oxygen atoms in total. The third-order valence-corrected chi connectivity index (χ3v) is 10.6. The molecule has 4 saturated carbocycles. The lowest BCUT2D eigenvalue weighted by atomic mass is 9.49. The van der Waals surface area contributed by atoms with Gasteiger partial charge in [0.15, 0.2) is 5.69 Å². The van der Waals surface area contributed by atoms with Gasteiger partial charge in [-0.25, -0.2) is 0 Å². The summed E-state index contributed by atoms with van der Waals surface area (Å²) in [6.07, 6.45) is 15.0. The highest BCUT2D eigenvalue weighted by molar-refractivity contribution is 5.16. The summed E-state index contributed by atoms with van der Waals surface area (Å²) in [5.74, 6) is 7.13. The van der Waals surface area contributed by atoms with E-state index < -0.39 is 0 Å². The predicted molar refractivity (Wildman–Crippen MR) is 127 cm³/mol. The average Bonchev–Trinajstić information content (AvgIpc) is 3.40. The van der Waals surface area contributed by atoms with Crippen molar-refractivity contribution in [2.45, 2.75) is 85.1 Å². The van der Waals surface area contributed by atoms with Crippen LogP contribution >= 0.6 is 0 Å². The van der Waals surface area contributed by atoms with Crippen LogP contribution < -0.4 is 0 Å². The van der Waals surface area contributed by atoms with Crippen molar-refractivity contribution in [1.82, 2.24) is 9.78 Å². The number of fused-ring (bicyclic) bond motifs is 5. The molecule has 1 heterocycles. The smallest absolute Gasteiger partial charge is 0.162 e. The molecule has 0 bridgehead atoms. The van der Waals surface area contributed by atoms with Crippen molar-refractivity contribution < 1.29 is 4.74 Å². The summed E-state index contributed by atoms with van der Waals surface area (Å²) in [7, 11) is 0. The first-order valence-electron chi connectivity index (χ1n) is 13.5. The van der Waals surface area contributed by atoms with Crippen molar-refractivity contribution in [1.29, 1.82) is 5.26 Å². The van der Waals surface area contributed by atoms with E-state index in [4.69, 9.17) is 10.00 Å². The quantitative estimate of drug-likeness (QED) is 0.524. The highest BCUT2D eigenvalue weighted by Crippen LogP contribution is 2.65. The number of rotatable bonds is 6. The zero-order valence-corrected chi connectivity index (χ0v) is 20.5. The van der Waals surface area contributed by atoms with Crippen LogP contribution in [0.4, 0.5) is 0 Å². The fraction of sp³-hybridized carbons (Fsp3) is 0.857. The lowest BCUT2D eigenvalue weighted by molar-refractivity contribution is -0.0786. The number of nitrogens with zero attached hydrogens (tertiary/aromatic N) is 3. The number of hydrogen-bond donors (Lipinski definition) is 0. The van der Waals surface area contributed by atoms with Gasteiger partial charge >= 0.3 is 0 Å². The van der Waals surface area contributed by atoms with Crippen LogP contribution in [0.15, 0.2) is 12.3 Å². The molecule has 5 rings (SSSR count). The molecule has 0 aliphatic heterocycles. The van der Waals surface area contributed by atoms with E-state index >= 15 is 0 Å². The lowest BCUT2D eigenvalue weighted by Crippen LogP contribution is -2.49. The predicted octanol–water partition coefficient (Wildman–Crippen LogP) is 6.31. The van der Waals surface area contributed by atoms with E-state index in [0.717, 1.165) is 61.2 Å². The summed E-state index contributed by atoms with van der Waals surface area (Å²) in [6, 6.07) is 4.02. The molecule has 4 heteroatoms. The van der Waals surface area contributed by atoms with Gasteiger partial charge in [0.25, 0.3) is 0 Å². The molecule has 0 aromatic carbocycles. The summed E-state index contributed by atoms with van der Waals surface area (Å²) in [6.45, 7) is 10.0. The monoisotopic (exact) mass is 437 g/mol. The minimum atomic E-state index is 0.505. The fourth-order valence-electron chi connectivity index (χ4n) is 9.31. The largest absolute Gasteiger partial charge is 0.381 e. The van der Waals surface area contributed by atoms with Gasteiger partial charge in [-0.15, -0.1) is 0 Å². The van der Waals surface area contributed by atoms with Crippen LogP contribution in [0.5, 0.6) is 0 Å². The minimum absolute atomic E-state index is 0.505. The van der Waals surface area contributed by atoms with Gasteiger partial charge in [-0.1, -0.05) is 13.8 Å². The van der Waals surface area contributed by atoms with Crippen molar-refractivity contribution in [2.75, 3.05) is 13.2 Å². The Morgan fingerprint density at radius 1 is 1.16 bits per heavy atom. The molecule has 0 N–H and O–H groups in total. The van der Waals surface area contributed by atoms with Crippen LogP contribution in [-0.4, -0.2) is 23.0 Å². The number of hydrogen-bond acceptors (Lipinski definition) is 3. The highest BCUT2D eigenvalue weighted by Gasteiger charge is 2.57. The lowest BCUT2D eigenvalue weighted by Gasteiger charge is -2.57. The van der Waals surface area contributed by atoms with E-state index in [1.165, 1.54) is 57.8 Å². The first-order valence-corrected chi connectivity index (χ1v) is 13.5. The first-order chi connectivity index (χ1) is 15.5. The molecule has 0 saturated heterocycles. The summed E-state index contributed by atoms with van der Waals surface area (Å²) in [5, 5.41) is 13.6. The Morgan fingerprint density at radius 2 is 2.00 bits per heavy atom. The third kappa shape index (κ3) is 3.93. The van der Waals surface area contributed by atoms with Crippen LogP contribution in [0, 0.1) is 64.1 Å². The normalized spacial score (nSPS) is 41.9. The molecule has 9 atom stereocenters. The van der Waals surface area contributed by atoms with Crippen LogP contribution in [0.2, 0.25) is 0 Å². The van der Waals surface area contributed by atoms with E-state index in [1.54, 1.807) is 0 Å². The standard InChI is InChI=1S/C28H43N3O/c1-4-32-18-20-5-7-23-21(15-20)6-8-25-24(23)11-13-28(3)26(9-10-27(25)28)19(2)17-31-14-12-22(16-29)30-31/h12,14,19-21,23-27H,4-11,13,15,17-18H2,1-3H3/t19-,20-,21?,23-,24?,25+,26?,27?,28+/m0/s1. The van der Waals surface area contributed by atoms with Gasteiger partial charge in [-0.3, -0.25) is 4.68 Å². The second-order valence-corrected chi connectivity index (χ2v) is 12.0. The molecular formula is C28H43N3O. The highest BCUT2D eigenvalue weighted by atomic mass is 16.5. The van der Waals surface area contributed by atoms with E-state index in [-0.39, 0.29) is 0 Å². The number of ether oxygens (including phenoxy) is 1. The Balaban J connectivity index is 1.24. The van der Waals surface area contributed by atoms with E-state index in [9.17, 15) is 0 Å². The first kappa shape index (κ1) is 22.5. The van der Waals surface area contributed by atoms with Gasteiger partial charge < -0.3 is 4.74 Å². The van der Waals surface area contributed by atoms with Gasteiger partial charge in [0, 0.05) is 26.0 Å². The van der Waals surface area contributed by atoms with E-state index in [0.29, 0.717) is 17.0 Å². The second-order valence-electron chi connectivity index (χ2n) is 12.0. The molecule has 4 fully saturated rings. The van der Waals surface area contributed by atoms with E-state index in [1.807, 2.05) is 16.9 Å². The molecule has 4 aliphatic rings. The Hall–Kier alpha value is -1.34. The van der Waals surface area contributed by atoms with Gasteiger partial charge in [-0.05, 0) is 124 Å². The van der Waals surface area contributed by atoms with Gasteiger partial charge in [0.05, 0.1) is 0 Å². The van der Waals surface area contributed by atoms with Crippen molar-refractivity contribution in [3.8, 4) is 6.07 Å². The zero-order chi connectivity index (χ0) is 22.3. The van der Waals surface area contributed by atoms with Crippen molar-refractivity contribution >= 4 is 0 Å². The SMILES string of the molecule is CCOC[C@H]1CC[C@H]2C(CC[C@@H]3C2CC[C@@]2(C)C3CCC2[C@@H](C)Cn2ccc(C#N)n2)C1. The third-order valence-electron chi connectivity index (χ3n) is 10.6. The molecule has 0 radical (unpaired) electrons. The maximum Gasteiger partial charge on any atom is 0.162 e. The topological polar surface area (TPSA) is 50.8 Å². The maximum absolute atomic E-state index is 9.10. The summed E-state index contributed by atoms with van der Waals surface area (Å²) in [5.41, 5.74) is 1.05. The molecule has 1 aromatic rings. The van der Waals surface area contributed by atoms with Crippen LogP contribution in [-0.2, 0) is 11.3 Å².